The molecule has 2 aliphatic rings. The summed E-state index contributed by atoms with van der Waals surface area (Å²) in [6.45, 7) is 0.815. The largest absolute Gasteiger partial charge is 0.333 e. The van der Waals surface area contributed by atoms with Crippen molar-refractivity contribution in [2.45, 2.75) is 44.4 Å². The molecule has 1 aromatic heterocycles. The maximum Gasteiger partial charge on any atom is 0.245 e. The van der Waals surface area contributed by atoms with Gasteiger partial charge >= 0.3 is 0 Å². The lowest BCUT2D eigenvalue weighted by Gasteiger charge is -2.29. The minimum atomic E-state index is -0.156. The van der Waals surface area contributed by atoms with Gasteiger partial charge in [-0.1, -0.05) is 49.6 Å². The Kier molecular flexibility index (Phi) is 6.05. The molecule has 2 amide bonds. The fraction of sp³-hybridized carbons (Fsp3) is 0.500. The van der Waals surface area contributed by atoms with Gasteiger partial charge in [0.2, 0.25) is 11.8 Å². The van der Waals surface area contributed by atoms with Crippen molar-refractivity contribution in [2.75, 3.05) is 18.4 Å². The summed E-state index contributed by atoms with van der Waals surface area (Å²) in [4.78, 5) is 31.7. The van der Waals surface area contributed by atoms with E-state index in [1.54, 1.807) is 6.20 Å². The molecule has 2 atom stereocenters. The van der Waals surface area contributed by atoms with Crippen LogP contribution in [-0.4, -0.2) is 34.8 Å². The second kappa shape index (κ2) is 8.86. The first-order chi connectivity index (χ1) is 13.7. The molecule has 0 aliphatic heterocycles. The molecule has 6 heteroatoms. The number of carbonyl (C=O) groups excluding carboxylic acids is 2. The van der Waals surface area contributed by atoms with E-state index in [0.29, 0.717) is 23.5 Å². The summed E-state index contributed by atoms with van der Waals surface area (Å²) in [6, 6.07) is 10.2. The average Bonchev–Trinajstić information content (AvgIpc) is 3.37. The molecule has 148 valence electrons. The number of amides is 2. The van der Waals surface area contributed by atoms with Crippen molar-refractivity contribution in [3.8, 4) is 0 Å². The van der Waals surface area contributed by atoms with Crippen molar-refractivity contribution >= 4 is 28.3 Å². The maximum absolute atomic E-state index is 13.2. The van der Waals surface area contributed by atoms with Crippen molar-refractivity contribution in [1.82, 2.24) is 9.88 Å². The van der Waals surface area contributed by atoms with Gasteiger partial charge in [-0.25, -0.2) is 4.98 Å². The summed E-state index contributed by atoms with van der Waals surface area (Å²) in [7, 11) is 0. The Morgan fingerprint density at radius 3 is 2.64 bits per heavy atom. The van der Waals surface area contributed by atoms with E-state index in [1.165, 1.54) is 36.2 Å². The molecule has 28 heavy (non-hydrogen) atoms. The number of aromatic nitrogens is 1. The molecule has 1 aromatic carbocycles. The molecule has 0 spiro atoms. The predicted molar refractivity (Wildman–Crippen MR) is 111 cm³/mol. The van der Waals surface area contributed by atoms with Gasteiger partial charge in [0.15, 0.2) is 5.13 Å². The Labute approximate surface area is 170 Å². The number of nitrogens with one attached hydrogen (secondary N) is 1. The SMILES string of the molecule is O=C(CN(CC1CCCCC1)C(=O)C1CC1c1ccccc1)Nc1nccs1. The fourth-order valence-electron chi connectivity index (χ4n) is 4.30. The Morgan fingerprint density at radius 2 is 1.93 bits per heavy atom. The molecule has 0 radical (unpaired) electrons. The Bertz CT molecular complexity index is 787. The standard InChI is InChI=1S/C22H27N3O2S/c26-20(24-22-23-11-12-28-22)15-25(14-16-7-3-1-4-8-16)21(27)19-13-18(19)17-9-5-2-6-10-17/h2,5-6,9-12,16,18-19H,1,3-4,7-8,13-15H2,(H,23,24,26). The van der Waals surface area contributed by atoms with Crippen molar-refractivity contribution in [3.05, 3.63) is 47.5 Å². The van der Waals surface area contributed by atoms with E-state index in [2.05, 4.69) is 22.4 Å². The van der Waals surface area contributed by atoms with Crippen LogP contribution in [0.15, 0.2) is 41.9 Å². The van der Waals surface area contributed by atoms with E-state index in [9.17, 15) is 9.59 Å². The summed E-state index contributed by atoms with van der Waals surface area (Å²) in [5, 5.41) is 5.24. The molecule has 1 N–H and O–H groups in total. The molecule has 4 rings (SSSR count). The molecule has 2 aromatic rings. The highest BCUT2D eigenvalue weighted by Gasteiger charge is 2.46. The van der Waals surface area contributed by atoms with Gasteiger partial charge in [0.05, 0.1) is 6.54 Å². The first-order valence-electron chi connectivity index (χ1n) is 10.2. The lowest BCUT2D eigenvalue weighted by Crippen LogP contribution is -2.42. The average molecular weight is 398 g/mol. The number of benzene rings is 1. The van der Waals surface area contributed by atoms with Gasteiger partial charge in [0.1, 0.15) is 0 Å². The first kappa shape index (κ1) is 19.1. The quantitative estimate of drug-likeness (QED) is 0.758. The molecule has 5 nitrogen and oxygen atoms in total. The summed E-state index contributed by atoms with van der Waals surface area (Å²) < 4.78 is 0. The van der Waals surface area contributed by atoms with Gasteiger partial charge in [0, 0.05) is 24.0 Å². The number of rotatable bonds is 7. The number of nitrogens with zero attached hydrogens (tertiary/aromatic N) is 2. The van der Waals surface area contributed by atoms with Gasteiger partial charge < -0.3 is 10.2 Å². The summed E-state index contributed by atoms with van der Waals surface area (Å²) >= 11 is 1.39. The Balaban J connectivity index is 1.41. The molecule has 1 heterocycles. The first-order valence-corrected chi connectivity index (χ1v) is 11.1. The monoisotopic (exact) mass is 397 g/mol. The molecule has 2 saturated carbocycles. The van der Waals surface area contributed by atoms with Crippen LogP contribution in [0, 0.1) is 11.8 Å². The Morgan fingerprint density at radius 1 is 1.14 bits per heavy atom. The van der Waals surface area contributed by atoms with Crippen LogP contribution in [-0.2, 0) is 9.59 Å². The van der Waals surface area contributed by atoms with Gasteiger partial charge in [-0.3, -0.25) is 9.59 Å². The van der Waals surface area contributed by atoms with Crippen molar-refractivity contribution in [2.24, 2.45) is 11.8 Å². The van der Waals surface area contributed by atoms with Crippen LogP contribution >= 0.6 is 11.3 Å². The van der Waals surface area contributed by atoms with Crippen LogP contribution in [0.4, 0.5) is 5.13 Å². The molecule has 0 saturated heterocycles. The highest BCUT2D eigenvalue weighted by atomic mass is 32.1. The lowest BCUT2D eigenvalue weighted by atomic mass is 9.89. The highest BCUT2D eigenvalue weighted by Crippen LogP contribution is 2.48. The Hall–Kier alpha value is -2.21. The van der Waals surface area contributed by atoms with Crippen molar-refractivity contribution < 1.29 is 9.59 Å². The minimum Gasteiger partial charge on any atom is -0.333 e. The zero-order valence-electron chi connectivity index (χ0n) is 16.0. The normalized spacial score (nSPS) is 21.9. The highest BCUT2D eigenvalue weighted by molar-refractivity contribution is 7.13. The topological polar surface area (TPSA) is 62.3 Å². The van der Waals surface area contributed by atoms with Crippen LogP contribution in [0.1, 0.15) is 50.0 Å². The van der Waals surface area contributed by atoms with E-state index in [4.69, 9.17) is 0 Å². The maximum atomic E-state index is 13.2. The molecule has 2 unspecified atom stereocenters. The van der Waals surface area contributed by atoms with Gasteiger partial charge in [-0.15, -0.1) is 11.3 Å². The number of anilines is 1. The summed E-state index contributed by atoms with van der Waals surface area (Å²) in [5.74, 6) is 0.798. The van der Waals surface area contributed by atoms with E-state index >= 15 is 0 Å². The number of thiazole rings is 1. The fourth-order valence-corrected chi connectivity index (χ4v) is 4.85. The zero-order valence-corrected chi connectivity index (χ0v) is 16.9. The number of hydrogen-bond acceptors (Lipinski definition) is 4. The molecular formula is C22H27N3O2S. The number of hydrogen-bond donors (Lipinski definition) is 1. The van der Waals surface area contributed by atoms with E-state index < -0.39 is 0 Å². The molecule has 2 aliphatic carbocycles. The summed E-state index contributed by atoms with van der Waals surface area (Å²) in [6.07, 6.45) is 8.61. The van der Waals surface area contributed by atoms with E-state index in [0.717, 1.165) is 19.3 Å². The number of carbonyl (C=O) groups is 2. The van der Waals surface area contributed by atoms with Crippen LogP contribution in [0.25, 0.3) is 0 Å². The van der Waals surface area contributed by atoms with Crippen LogP contribution in [0.5, 0.6) is 0 Å². The van der Waals surface area contributed by atoms with Crippen LogP contribution < -0.4 is 5.32 Å². The second-order valence-corrected chi connectivity index (χ2v) is 8.86. The second-order valence-electron chi connectivity index (χ2n) is 7.97. The zero-order chi connectivity index (χ0) is 19.3. The smallest absolute Gasteiger partial charge is 0.245 e. The van der Waals surface area contributed by atoms with Gasteiger partial charge in [-0.2, -0.15) is 0 Å². The third kappa shape index (κ3) is 4.79. The summed E-state index contributed by atoms with van der Waals surface area (Å²) in [5.41, 5.74) is 1.23. The van der Waals surface area contributed by atoms with Crippen molar-refractivity contribution in [1.29, 1.82) is 0 Å². The van der Waals surface area contributed by atoms with Crippen molar-refractivity contribution in [3.63, 3.8) is 0 Å². The third-order valence-electron chi connectivity index (χ3n) is 5.86. The molecule has 0 bridgehead atoms. The van der Waals surface area contributed by atoms with Crippen LogP contribution in [0.2, 0.25) is 0 Å². The predicted octanol–water partition coefficient (Wildman–Crippen LogP) is 4.29. The van der Waals surface area contributed by atoms with Crippen LogP contribution in [0.3, 0.4) is 0 Å². The van der Waals surface area contributed by atoms with E-state index in [1.807, 2.05) is 28.5 Å². The molecule has 2 fully saturated rings. The lowest BCUT2D eigenvalue weighted by molar-refractivity contribution is -0.136. The van der Waals surface area contributed by atoms with Gasteiger partial charge in [0.25, 0.3) is 0 Å². The van der Waals surface area contributed by atoms with Gasteiger partial charge in [-0.05, 0) is 36.7 Å². The van der Waals surface area contributed by atoms with E-state index in [-0.39, 0.29) is 24.3 Å². The minimum absolute atomic E-state index is 0.0126. The third-order valence-corrected chi connectivity index (χ3v) is 6.55. The molecular weight excluding hydrogens is 370 g/mol.